The Morgan fingerprint density at radius 1 is 1.22 bits per heavy atom. The lowest BCUT2D eigenvalue weighted by molar-refractivity contribution is -0.119. The van der Waals surface area contributed by atoms with Crippen LogP contribution in [-0.4, -0.2) is 41.1 Å². The van der Waals surface area contributed by atoms with Crippen LogP contribution in [0.2, 0.25) is 0 Å². The van der Waals surface area contributed by atoms with Crippen molar-refractivity contribution in [2.45, 2.75) is 37.6 Å². The Kier molecular flexibility index (Phi) is 5.15. The lowest BCUT2D eigenvalue weighted by Gasteiger charge is -2.30. The van der Waals surface area contributed by atoms with E-state index in [2.05, 4.69) is 26.1 Å². The monoisotopic (exact) mass is 369 g/mol. The van der Waals surface area contributed by atoms with E-state index < -0.39 is 6.04 Å². The molecule has 3 heterocycles. The zero-order chi connectivity index (χ0) is 18.6. The van der Waals surface area contributed by atoms with Gasteiger partial charge >= 0.3 is 0 Å². The molecule has 2 aromatic rings. The number of piperidine rings is 1. The molecular weight excluding hydrogens is 346 g/mol. The van der Waals surface area contributed by atoms with Gasteiger partial charge in [-0.1, -0.05) is 5.16 Å². The predicted molar refractivity (Wildman–Crippen MR) is 98.2 cm³/mol. The van der Waals surface area contributed by atoms with Crippen molar-refractivity contribution in [1.29, 1.82) is 0 Å². The van der Waals surface area contributed by atoms with Gasteiger partial charge in [0.15, 0.2) is 5.69 Å². The second kappa shape index (κ2) is 7.87. The summed E-state index contributed by atoms with van der Waals surface area (Å²) in [5, 5.41) is 12.9. The summed E-state index contributed by atoms with van der Waals surface area (Å²) < 4.78 is 5.26. The van der Waals surface area contributed by atoms with E-state index in [9.17, 15) is 9.59 Å². The van der Waals surface area contributed by atoms with Crippen molar-refractivity contribution in [3.63, 3.8) is 0 Å². The van der Waals surface area contributed by atoms with Gasteiger partial charge in [0, 0.05) is 18.2 Å². The summed E-state index contributed by atoms with van der Waals surface area (Å²) in [4.78, 5) is 29.6. The van der Waals surface area contributed by atoms with Crippen molar-refractivity contribution in [3.8, 4) is 0 Å². The molecule has 1 saturated heterocycles. The maximum Gasteiger partial charge on any atom is 0.274 e. The number of hydrogen-bond donors (Lipinski definition) is 3. The molecular formula is C19H23N5O3. The van der Waals surface area contributed by atoms with Crippen LogP contribution in [0, 0.1) is 5.92 Å². The third kappa shape index (κ3) is 4.33. The van der Waals surface area contributed by atoms with Gasteiger partial charge in [-0.15, -0.1) is 0 Å². The Morgan fingerprint density at radius 3 is 2.74 bits per heavy atom. The number of aromatic nitrogens is 2. The zero-order valence-corrected chi connectivity index (χ0v) is 15.0. The van der Waals surface area contributed by atoms with Crippen LogP contribution in [-0.2, 0) is 4.79 Å². The topological polar surface area (TPSA) is 109 Å². The Hall–Kier alpha value is -2.74. The molecule has 0 bridgehead atoms. The number of amides is 2. The van der Waals surface area contributed by atoms with Gasteiger partial charge in [-0.25, -0.2) is 0 Å². The van der Waals surface area contributed by atoms with Crippen LogP contribution in [0.4, 0.5) is 5.69 Å². The number of carbonyl (C=O) groups is 2. The van der Waals surface area contributed by atoms with Crippen LogP contribution in [0.25, 0.3) is 0 Å². The molecule has 1 aliphatic carbocycles. The Labute approximate surface area is 157 Å². The minimum Gasteiger partial charge on any atom is -0.360 e. The first-order valence-corrected chi connectivity index (χ1v) is 9.40. The molecule has 2 fully saturated rings. The van der Waals surface area contributed by atoms with Gasteiger partial charge in [0.25, 0.3) is 5.91 Å². The minimum atomic E-state index is -0.638. The molecule has 8 heteroatoms. The number of rotatable bonds is 6. The SMILES string of the molecule is O=C(NC(C(=O)Nc1cccnc1)C1CCNCC1)c1cc(C2CC2)on1. The molecule has 142 valence electrons. The van der Waals surface area contributed by atoms with E-state index in [0.717, 1.165) is 44.5 Å². The normalized spacial score (nSPS) is 18.7. The molecule has 1 atom stereocenters. The number of anilines is 1. The standard InChI is InChI=1S/C19H23N5O3/c25-18(15-10-16(27-24-15)12-3-4-12)23-17(13-5-8-20-9-6-13)19(26)22-14-2-1-7-21-11-14/h1-2,7,10-13,17,20H,3-6,8-9H2,(H,22,26)(H,23,25). The smallest absolute Gasteiger partial charge is 0.274 e. The van der Waals surface area contributed by atoms with Gasteiger partial charge in [0.05, 0.1) is 11.9 Å². The van der Waals surface area contributed by atoms with E-state index in [1.54, 1.807) is 30.6 Å². The van der Waals surface area contributed by atoms with Crippen molar-refractivity contribution in [3.05, 3.63) is 42.0 Å². The average molecular weight is 369 g/mol. The third-order valence-electron chi connectivity index (χ3n) is 5.09. The van der Waals surface area contributed by atoms with E-state index in [1.807, 2.05) is 0 Å². The van der Waals surface area contributed by atoms with Crippen molar-refractivity contribution in [1.82, 2.24) is 20.8 Å². The minimum absolute atomic E-state index is 0.0571. The highest BCUT2D eigenvalue weighted by molar-refractivity contribution is 6.00. The van der Waals surface area contributed by atoms with E-state index in [-0.39, 0.29) is 23.4 Å². The molecule has 8 nitrogen and oxygen atoms in total. The Bertz CT molecular complexity index is 797. The van der Waals surface area contributed by atoms with Gasteiger partial charge in [0.1, 0.15) is 11.8 Å². The first-order chi connectivity index (χ1) is 13.2. The number of nitrogens with one attached hydrogen (secondary N) is 3. The van der Waals surface area contributed by atoms with E-state index in [4.69, 9.17) is 4.52 Å². The molecule has 0 radical (unpaired) electrons. The molecule has 27 heavy (non-hydrogen) atoms. The summed E-state index contributed by atoms with van der Waals surface area (Å²) in [6, 6.07) is 4.57. The molecule has 2 aromatic heterocycles. The van der Waals surface area contributed by atoms with Gasteiger partial charge in [0.2, 0.25) is 5.91 Å². The number of nitrogens with zero attached hydrogens (tertiary/aromatic N) is 2. The summed E-state index contributed by atoms with van der Waals surface area (Å²) >= 11 is 0. The fraction of sp³-hybridized carbons (Fsp3) is 0.474. The van der Waals surface area contributed by atoms with Crippen LogP contribution < -0.4 is 16.0 Å². The van der Waals surface area contributed by atoms with Gasteiger partial charge in [-0.05, 0) is 56.8 Å². The summed E-state index contributed by atoms with van der Waals surface area (Å²) in [5.41, 5.74) is 0.832. The van der Waals surface area contributed by atoms with Crippen LogP contribution in [0.5, 0.6) is 0 Å². The average Bonchev–Trinajstić information content (AvgIpc) is 3.44. The fourth-order valence-electron chi connectivity index (χ4n) is 3.40. The maximum atomic E-state index is 12.9. The highest BCUT2D eigenvalue weighted by Gasteiger charge is 2.33. The number of carbonyl (C=O) groups excluding carboxylic acids is 2. The van der Waals surface area contributed by atoms with Gasteiger partial charge in [-0.2, -0.15) is 0 Å². The van der Waals surface area contributed by atoms with Gasteiger partial charge < -0.3 is 20.5 Å². The van der Waals surface area contributed by atoms with Crippen LogP contribution in [0.1, 0.15) is 47.8 Å². The fourth-order valence-corrected chi connectivity index (χ4v) is 3.40. The summed E-state index contributed by atoms with van der Waals surface area (Å²) in [7, 11) is 0. The quantitative estimate of drug-likeness (QED) is 0.715. The molecule has 2 aliphatic rings. The lowest BCUT2D eigenvalue weighted by atomic mass is 9.89. The molecule has 2 amide bonds. The van der Waals surface area contributed by atoms with Gasteiger partial charge in [-0.3, -0.25) is 14.6 Å². The Balaban J connectivity index is 1.47. The van der Waals surface area contributed by atoms with E-state index in [0.29, 0.717) is 11.6 Å². The lowest BCUT2D eigenvalue weighted by Crippen LogP contribution is -2.51. The van der Waals surface area contributed by atoms with Crippen molar-refractivity contribution in [2.24, 2.45) is 5.92 Å². The summed E-state index contributed by atoms with van der Waals surface area (Å²) in [6.45, 7) is 1.65. The third-order valence-corrected chi connectivity index (χ3v) is 5.09. The molecule has 1 aliphatic heterocycles. The molecule has 3 N–H and O–H groups in total. The molecule has 1 saturated carbocycles. The molecule has 4 rings (SSSR count). The zero-order valence-electron chi connectivity index (χ0n) is 15.0. The molecule has 0 aromatic carbocycles. The van der Waals surface area contributed by atoms with Crippen LogP contribution >= 0.6 is 0 Å². The maximum absolute atomic E-state index is 12.9. The summed E-state index contributed by atoms with van der Waals surface area (Å²) in [6.07, 6.45) is 7.00. The number of hydrogen-bond acceptors (Lipinski definition) is 6. The molecule has 0 spiro atoms. The van der Waals surface area contributed by atoms with Crippen molar-refractivity contribution in [2.75, 3.05) is 18.4 Å². The largest absolute Gasteiger partial charge is 0.360 e. The molecule has 1 unspecified atom stereocenters. The highest BCUT2D eigenvalue weighted by atomic mass is 16.5. The first kappa shape index (κ1) is 17.7. The van der Waals surface area contributed by atoms with Crippen molar-refractivity contribution >= 4 is 17.5 Å². The number of pyridine rings is 1. The van der Waals surface area contributed by atoms with Crippen molar-refractivity contribution < 1.29 is 14.1 Å². The second-order valence-corrected chi connectivity index (χ2v) is 7.16. The van der Waals surface area contributed by atoms with Crippen LogP contribution in [0.15, 0.2) is 35.1 Å². The van der Waals surface area contributed by atoms with Crippen LogP contribution in [0.3, 0.4) is 0 Å². The van der Waals surface area contributed by atoms with E-state index in [1.165, 1.54) is 0 Å². The Morgan fingerprint density at radius 2 is 2.04 bits per heavy atom. The van der Waals surface area contributed by atoms with E-state index >= 15 is 0 Å². The highest BCUT2D eigenvalue weighted by Crippen LogP contribution is 2.40. The second-order valence-electron chi connectivity index (χ2n) is 7.16. The first-order valence-electron chi connectivity index (χ1n) is 9.40. The summed E-state index contributed by atoms with van der Waals surface area (Å²) in [5.74, 6) is 0.567. The predicted octanol–water partition coefficient (Wildman–Crippen LogP) is 1.68.